The van der Waals surface area contributed by atoms with E-state index in [1.807, 2.05) is 0 Å². The second kappa shape index (κ2) is 4.80. The van der Waals surface area contributed by atoms with Crippen LogP contribution in [0, 0.1) is 12.8 Å². The van der Waals surface area contributed by atoms with Gasteiger partial charge in [0.2, 0.25) is 5.92 Å². The Balaban J connectivity index is 2.01. The van der Waals surface area contributed by atoms with Crippen LogP contribution < -0.4 is 0 Å². The van der Waals surface area contributed by atoms with Gasteiger partial charge < -0.3 is 0 Å². The van der Waals surface area contributed by atoms with Crippen molar-refractivity contribution in [3.8, 4) is 0 Å². The van der Waals surface area contributed by atoms with Crippen molar-refractivity contribution in [2.45, 2.75) is 57.9 Å². The summed E-state index contributed by atoms with van der Waals surface area (Å²) >= 11 is 0. The summed E-state index contributed by atoms with van der Waals surface area (Å²) in [5.74, 6) is -5.43. The van der Waals surface area contributed by atoms with Crippen LogP contribution in [0.15, 0.2) is 6.20 Å². The summed E-state index contributed by atoms with van der Waals surface area (Å²) in [7, 11) is 0. The molecule has 19 heavy (non-hydrogen) atoms. The van der Waals surface area contributed by atoms with Crippen LogP contribution in [0.1, 0.15) is 43.9 Å². The molecule has 0 amide bonds. The Hall–Kier alpha value is -1.07. The minimum Gasteiger partial charge on any atom is -0.272 e. The fraction of sp³-hybridized carbons (Fsp3) is 0.769. The molecule has 1 heterocycles. The van der Waals surface area contributed by atoms with Crippen LogP contribution in [0.5, 0.6) is 0 Å². The Bertz CT molecular complexity index is 438. The molecule has 0 unspecified atom stereocenters. The van der Waals surface area contributed by atoms with Crippen LogP contribution in [-0.4, -0.2) is 15.7 Å². The number of halogens is 4. The van der Waals surface area contributed by atoms with E-state index < -0.39 is 11.8 Å². The van der Waals surface area contributed by atoms with Crippen molar-refractivity contribution in [1.29, 1.82) is 0 Å². The van der Waals surface area contributed by atoms with E-state index in [0.29, 0.717) is 24.9 Å². The highest BCUT2D eigenvalue weighted by Gasteiger charge is 2.35. The maximum Gasteiger partial charge on any atom is 0.289 e. The van der Waals surface area contributed by atoms with Crippen LogP contribution in [0.2, 0.25) is 0 Å². The van der Waals surface area contributed by atoms with Crippen molar-refractivity contribution in [3.63, 3.8) is 0 Å². The molecule has 0 spiro atoms. The zero-order valence-electron chi connectivity index (χ0n) is 11.1. The summed E-state index contributed by atoms with van der Waals surface area (Å²) in [5, 5.41) is 3.89. The van der Waals surface area contributed by atoms with Crippen molar-refractivity contribution in [2.75, 3.05) is 0 Å². The molecule has 1 saturated carbocycles. The summed E-state index contributed by atoms with van der Waals surface area (Å²) in [4.78, 5) is 0. The summed E-state index contributed by atoms with van der Waals surface area (Å²) in [6.07, 6.45) is 2.18. The van der Waals surface area contributed by atoms with E-state index in [4.69, 9.17) is 0 Å². The van der Waals surface area contributed by atoms with Gasteiger partial charge in [0, 0.05) is 32.5 Å². The second-order valence-electron chi connectivity index (χ2n) is 5.57. The lowest BCUT2D eigenvalue weighted by atomic mass is 9.87. The normalized spacial score (nSPS) is 20.7. The van der Waals surface area contributed by atoms with E-state index in [0.717, 1.165) is 6.92 Å². The average Bonchev–Trinajstić information content (AvgIpc) is 2.62. The van der Waals surface area contributed by atoms with Gasteiger partial charge in [-0.3, -0.25) is 4.68 Å². The first kappa shape index (κ1) is 14.3. The molecule has 108 valence electrons. The van der Waals surface area contributed by atoms with E-state index >= 15 is 0 Å². The van der Waals surface area contributed by atoms with Crippen molar-refractivity contribution in [1.82, 2.24) is 9.78 Å². The minimum absolute atomic E-state index is 0.0947. The molecule has 2 nitrogen and oxygen atoms in total. The van der Waals surface area contributed by atoms with Gasteiger partial charge in [0.05, 0.1) is 0 Å². The molecule has 0 radical (unpaired) electrons. The van der Waals surface area contributed by atoms with Gasteiger partial charge in [0.1, 0.15) is 5.69 Å². The van der Waals surface area contributed by atoms with Gasteiger partial charge in [-0.1, -0.05) is 0 Å². The Morgan fingerprint density at radius 2 is 1.95 bits per heavy atom. The van der Waals surface area contributed by atoms with Gasteiger partial charge in [-0.2, -0.15) is 13.9 Å². The quantitative estimate of drug-likeness (QED) is 0.760. The summed E-state index contributed by atoms with van der Waals surface area (Å²) in [6.45, 7) is 2.84. The van der Waals surface area contributed by atoms with Crippen molar-refractivity contribution in [2.24, 2.45) is 5.92 Å². The van der Waals surface area contributed by atoms with Gasteiger partial charge in [0.15, 0.2) is 0 Å². The molecular formula is C13H18F4N2. The number of aromatic nitrogens is 2. The highest BCUT2D eigenvalue weighted by Crippen LogP contribution is 2.37. The average molecular weight is 278 g/mol. The predicted molar refractivity (Wildman–Crippen MR) is 63.4 cm³/mol. The lowest BCUT2D eigenvalue weighted by Gasteiger charge is -2.28. The SMILES string of the molecule is Cc1cn(CC2CCC(F)(F)CC2)nc1C(C)(F)F. The molecule has 1 aliphatic rings. The van der Waals surface area contributed by atoms with Crippen LogP contribution in [0.25, 0.3) is 0 Å². The Labute approximate surface area is 109 Å². The van der Waals surface area contributed by atoms with Gasteiger partial charge in [-0.25, -0.2) is 8.78 Å². The third-order valence-electron chi connectivity index (χ3n) is 3.64. The van der Waals surface area contributed by atoms with E-state index in [-0.39, 0.29) is 24.5 Å². The molecule has 0 aliphatic heterocycles. The number of nitrogens with zero attached hydrogens (tertiary/aromatic N) is 2. The first-order valence-corrected chi connectivity index (χ1v) is 6.47. The molecule has 0 aromatic carbocycles. The second-order valence-corrected chi connectivity index (χ2v) is 5.57. The smallest absolute Gasteiger partial charge is 0.272 e. The fourth-order valence-electron chi connectivity index (χ4n) is 2.60. The Morgan fingerprint density at radius 1 is 1.37 bits per heavy atom. The number of rotatable bonds is 3. The van der Waals surface area contributed by atoms with Crippen molar-refractivity contribution >= 4 is 0 Å². The third-order valence-corrected chi connectivity index (χ3v) is 3.64. The van der Waals surface area contributed by atoms with E-state index in [1.165, 1.54) is 4.68 Å². The zero-order chi connectivity index (χ0) is 14.3. The van der Waals surface area contributed by atoms with Crippen LogP contribution in [-0.2, 0) is 12.5 Å². The standard InChI is InChI=1S/C13H18F4N2/c1-9-7-19(18-11(9)12(2,14)15)8-10-3-5-13(16,17)6-4-10/h7,10H,3-6,8H2,1-2H3. The molecule has 1 aromatic rings. The number of hydrogen-bond donors (Lipinski definition) is 0. The predicted octanol–water partition coefficient (Wildman–Crippen LogP) is 4.13. The van der Waals surface area contributed by atoms with E-state index in [9.17, 15) is 17.6 Å². The molecule has 0 saturated heterocycles. The maximum absolute atomic E-state index is 13.2. The topological polar surface area (TPSA) is 17.8 Å². The molecular weight excluding hydrogens is 260 g/mol. The van der Waals surface area contributed by atoms with Crippen molar-refractivity contribution in [3.05, 3.63) is 17.5 Å². The first-order chi connectivity index (χ1) is 8.67. The minimum atomic E-state index is -2.96. The first-order valence-electron chi connectivity index (χ1n) is 6.47. The number of aryl methyl sites for hydroxylation is 1. The molecule has 0 bridgehead atoms. The summed E-state index contributed by atoms with van der Waals surface area (Å²) in [6, 6.07) is 0. The van der Waals surface area contributed by atoms with E-state index in [2.05, 4.69) is 5.10 Å². The molecule has 0 N–H and O–H groups in total. The molecule has 1 aliphatic carbocycles. The lowest BCUT2D eigenvalue weighted by molar-refractivity contribution is -0.0477. The van der Waals surface area contributed by atoms with Gasteiger partial charge >= 0.3 is 0 Å². The Kier molecular flexibility index (Phi) is 3.62. The molecule has 6 heteroatoms. The highest BCUT2D eigenvalue weighted by molar-refractivity contribution is 5.19. The number of alkyl halides is 4. The van der Waals surface area contributed by atoms with Gasteiger partial charge in [0.25, 0.3) is 5.92 Å². The zero-order valence-corrected chi connectivity index (χ0v) is 11.1. The number of hydrogen-bond acceptors (Lipinski definition) is 1. The Morgan fingerprint density at radius 3 is 2.42 bits per heavy atom. The summed E-state index contributed by atoms with van der Waals surface area (Å²) in [5.41, 5.74) is 0.210. The van der Waals surface area contributed by atoms with Gasteiger partial charge in [-0.15, -0.1) is 0 Å². The lowest BCUT2D eigenvalue weighted by Crippen LogP contribution is -2.27. The summed E-state index contributed by atoms with van der Waals surface area (Å²) < 4.78 is 54.0. The molecule has 1 aromatic heterocycles. The highest BCUT2D eigenvalue weighted by atomic mass is 19.3. The molecule has 0 atom stereocenters. The van der Waals surface area contributed by atoms with Crippen molar-refractivity contribution < 1.29 is 17.6 Å². The van der Waals surface area contributed by atoms with E-state index in [1.54, 1.807) is 13.1 Å². The third kappa shape index (κ3) is 3.48. The van der Waals surface area contributed by atoms with Crippen LogP contribution >= 0.6 is 0 Å². The maximum atomic E-state index is 13.2. The van der Waals surface area contributed by atoms with Crippen LogP contribution in [0.3, 0.4) is 0 Å². The molecule has 1 fully saturated rings. The largest absolute Gasteiger partial charge is 0.289 e. The van der Waals surface area contributed by atoms with Gasteiger partial charge in [-0.05, 0) is 31.2 Å². The monoisotopic (exact) mass is 278 g/mol. The van der Waals surface area contributed by atoms with Crippen LogP contribution in [0.4, 0.5) is 17.6 Å². The molecule has 2 rings (SSSR count). The fourth-order valence-corrected chi connectivity index (χ4v) is 2.60.